The molecule has 4 bridgehead atoms. The Morgan fingerprint density at radius 1 is 1.33 bits per heavy atom. The predicted octanol–water partition coefficient (Wildman–Crippen LogP) is 3.51. The van der Waals surface area contributed by atoms with Crippen LogP contribution >= 0.6 is 15.9 Å². The molecule has 3 unspecified atom stereocenters. The maximum atomic E-state index is 13.0. The maximum Gasteiger partial charge on any atom is 0.226 e. The lowest BCUT2D eigenvalue weighted by atomic mass is 9.44. The average molecular weight is 358 g/mol. The highest BCUT2D eigenvalue weighted by Crippen LogP contribution is 2.65. The zero-order valence-corrected chi connectivity index (χ0v) is 14.9. The molecule has 120 valence electrons. The van der Waals surface area contributed by atoms with E-state index in [-0.39, 0.29) is 11.5 Å². The number of hydrogen-bond donors (Lipinski definition) is 1. The molecule has 1 N–H and O–H groups in total. The van der Waals surface area contributed by atoms with Gasteiger partial charge in [-0.25, -0.2) is 0 Å². The molecule has 0 aromatic heterocycles. The van der Waals surface area contributed by atoms with E-state index in [1.807, 2.05) is 0 Å². The first kappa shape index (κ1) is 15.8. The van der Waals surface area contributed by atoms with E-state index < -0.39 is 0 Å². The molecule has 4 heteroatoms. The Morgan fingerprint density at radius 3 is 2.52 bits per heavy atom. The van der Waals surface area contributed by atoms with Gasteiger partial charge in [0.15, 0.2) is 0 Å². The highest BCUT2D eigenvalue weighted by atomic mass is 79.9. The normalized spacial score (nSPS) is 42.0. The van der Waals surface area contributed by atoms with E-state index in [9.17, 15) is 4.79 Å². The molecule has 0 aromatic carbocycles. The minimum atomic E-state index is -0.0723. The number of methoxy groups -OCH3 is 1. The van der Waals surface area contributed by atoms with Gasteiger partial charge in [0.1, 0.15) is 0 Å². The van der Waals surface area contributed by atoms with Crippen molar-refractivity contribution < 1.29 is 9.53 Å². The summed E-state index contributed by atoms with van der Waals surface area (Å²) in [4.78, 5) is 13.0. The van der Waals surface area contributed by atoms with Crippen LogP contribution in [0.3, 0.4) is 0 Å². The van der Waals surface area contributed by atoms with Crippen LogP contribution in [0.15, 0.2) is 0 Å². The van der Waals surface area contributed by atoms with E-state index in [2.05, 4.69) is 28.2 Å². The Kier molecular flexibility index (Phi) is 4.39. The number of halogens is 1. The van der Waals surface area contributed by atoms with E-state index in [1.165, 1.54) is 19.3 Å². The summed E-state index contributed by atoms with van der Waals surface area (Å²) in [6.07, 6.45) is 8.35. The van der Waals surface area contributed by atoms with Crippen LogP contribution < -0.4 is 5.32 Å². The van der Waals surface area contributed by atoms with Crippen LogP contribution in [0.25, 0.3) is 0 Å². The summed E-state index contributed by atoms with van der Waals surface area (Å²) in [6, 6.07) is 0.141. The fourth-order valence-corrected chi connectivity index (χ4v) is 6.41. The van der Waals surface area contributed by atoms with E-state index in [1.54, 1.807) is 7.11 Å². The van der Waals surface area contributed by atoms with Crippen molar-refractivity contribution in [3.8, 4) is 0 Å². The van der Waals surface area contributed by atoms with Gasteiger partial charge in [0.2, 0.25) is 5.91 Å². The Hall–Kier alpha value is -0.0900. The molecule has 4 aliphatic rings. The number of amides is 1. The monoisotopic (exact) mass is 357 g/mol. The molecule has 0 heterocycles. The molecule has 4 aliphatic carbocycles. The second-order valence-corrected chi connectivity index (χ2v) is 8.95. The first-order valence-electron chi connectivity index (χ1n) is 8.34. The molecule has 4 rings (SSSR count). The molecule has 21 heavy (non-hydrogen) atoms. The number of hydrogen-bond acceptors (Lipinski definition) is 2. The fraction of sp³-hybridized carbons (Fsp3) is 0.941. The van der Waals surface area contributed by atoms with Crippen LogP contribution in [-0.2, 0) is 9.53 Å². The Morgan fingerprint density at radius 2 is 2.00 bits per heavy atom. The summed E-state index contributed by atoms with van der Waals surface area (Å²) in [5.74, 6) is 1.89. The number of rotatable bonds is 6. The Bertz CT molecular complexity index is 392. The van der Waals surface area contributed by atoms with Crippen molar-refractivity contribution in [3.63, 3.8) is 0 Å². The van der Waals surface area contributed by atoms with Crippen molar-refractivity contribution in [2.75, 3.05) is 19.0 Å². The zero-order valence-electron chi connectivity index (χ0n) is 13.3. The second-order valence-electron chi connectivity index (χ2n) is 8.16. The molecule has 0 radical (unpaired) electrons. The highest BCUT2D eigenvalue weighted by molar-refractivity contribution is 9.09. The minimum absolute atomic E-state index is 0.0723. The third-order valence-electron chi connectivity index (χ3n) is 6.00. The third-order valence-corrected chi connectivity index (χ3v) is 6.45. The average Bonchev–Trinajstić information content (AvgIpc) is 2.36. The summed E-state index contributed by atoms with van der Waals surface area (Å²) >= 11 is 3.48. The van der Waals surface area contributed by atoms with Gasteiger partial charge in [-0.15, -0.1) is 0 Å². The Balaban J connectivity index is 1.71. The predicted molar refractivity (Wildman–Crippen MR) is 87.4 cm³/mol. The number of carbonyl (C=O) groups excluding carboxylic acids is 1. The van der Waals surface area contributed by atoms with Crippen LogP contribution in [0, 0.1) is 22.7 Å². The third kappa shape index (κ3) is 3.03. The molecule has 0 aliphatic heterocycles. The van der Waals surface area contributed by atoms with Crippen LogP contribution in [0.1, 0.15) is 51.9 Å². The maximum absolute atomic E-state index is 13.0. The summed E-state index contributed by atoms with van der Waals surface area (Å²) in [5.41, 5.74) is 0.352. The topological polar surface area (TPSA) is 38.3 Å². The second kappa shape index (κ2) is 5.84. The highest BCUT2D eigenvalue weighted by Gasteiger charge is 2.58. The summed E-state index contributed by atoms with van der Waals surface area (Å²) in [5, 5.41) is 4.20. The minimum Gasteiger partial charge on any atom is -0.383 e. The molecule has 4 fully saturated rings. The molecular weight excluding hydrogens is 330 g/mol. The molecule has 0 spiro atoms. The van der Waals surface area contributed by atoms with Gasteiger partial charge in [0.05, 0.1) is 18.1 Å². The largest absolute Gasteiger partial charge is 0.383 e. The number of nitrogens with one attached hydrogen (secondary N) is 1. The molecule has 3 atom stereocenters. The van der Waals surface area contributed by atoms with Crippen LogP contribution in [0.5, 0.6) is 0 Å². The molecule has 3 nitrogen and oxygen atoms in total. The van der Waals surface area contributed by atoms with Gasteiger partial charge < -0.3 is 10.1 Å². The fourth-order valence-electron chi connectivity index (χ4n) is 5.85. The molecule has 1 amide bonds. The molecular formula is C17H28BrNO2. The molecule has 0 aromatic rings. The summed E-state index contributed by atoms with van der Waals surface area (Å²) in [6.45, 7) is 3.02. The summed E-state index contributed by atoms with van der Waals surface area (Å²) < 4.78 is 5.26. The van der Waals surface area contributed by atoms with Crippen molar-refractivity contribution in [1.29, 1.82) is 0 Å². The van der Waals surface area contributed by atoms with E-state index in [0.717, 1.165) is 42.8 Å². The zero-order chi connectivity index (χ0) is 15.1. The van der Waals surface area contributed by atoms with Crippen molar-refractivity contribution in [1.82, 2.24) is 5.32 Å². The lowest BCUT2D eigenvalue weighted by Gasteiger charge is -2.60. The van der Waals surface area contributed by atoms with Crippen LogP contribution in [0.4, 0.5) is 0 Å². The van der Waals surface area contributed by atoms with Gasteiger partial charge in [-0.05, 0) is 62.2 Å². The van der Waals surface area contributed by atoms with E-state index in [4.69, 9.17) is 4.74 Å². The standard InChI is InChI=1S/C17H28BrNO2/c1-16-6-12-5-13(7-16)9-17(8-12,11-16)15(20)19-14(3-4-18)10-21-2/h12-14H,3-11H2,1-2H3,(H,19,20). The summed E-state index contributed by atoms with van der Waals surface area (Å²) in [7, 11) is 1.71. The molecule has 0 saturated heterocycles. The van der Waals surface area contributed by atoms with Crippen molar-refractivity contribution >= 4 is 21.8 Å². The number of carbonyl (C=O) groups is 1. The smallest absolute Gasteiger partial charge is 0.226 e. The van der Waals surface area contributed by atoms with Gasteiger partial charge in [0.25, 0.3) is 0 Å². The van der Waals surface area contributed by atoms with Crippen LogP contribution in [-0.4, -0.2) is 31.0 Å². The SMILES string of the molecule is COCC(CCBr)NC(=O)C12CC3CC(CC(C)(C3)C1)C2. The van der Waals surface area contributed by atoms with Gasteiger partial charge in [-0.1, -0.05) is 22.9 Å². The van der Waals surface area contributed by atoms with Gasteiger partial charge >= 0.3 is 0 Å². The van der Waals surface area contributed by atoms with Crippen molar-refractivity contribution in [3.05, 3.63) is 0 Å². The lowest BCUT2D eigenvalue weighted by molar-refractivity contribution is -0.156. The number of ether oxygens (including phenoxy) is 1. The Labute approximate surface area is 136 Å². The van der Waals surface area contributed by atoms with E-state index >= 15 is 0 Å². The van der Waals surface area contributed by atoms with Gasteiger partial charge in [-0.2, -0.15) is 0 Å². The molecule has 4 saturated carbocycles. The van der Waals surface area contributed by atoms with Gasteiger partial charge in [-0.3, -0.25) is 4.79 Å². The quantitative estimate of drug-likeness (QED) is 0.738. The first-order chi connectivity index (χ1) is 9.98. The van der Waals surface area contributed by atoms with E-state index in [0.29, 0.717) is 17.9 Å². The lowest BCUT2D eigenvalue weighted by Crippen LogP contribution is -2.58. The van der Waals surface area contributed by atoms with Gasteiger partial charge in [0, 0.05) is 12.4 Å². The van der Waals surface area contributed by atoms with Crippen molar-refractivity contribution in [2.24, 2.45) is 22.7 Å². The van der Waals surface area contributed by atoms with Crippen molar-refractivity contribution in [2.45, 2.75) is 57.9 Å². The number of alkyl halides is 1. The first-order valence-corrected chi connectivity index (χ1v) is 9.47. The van der Waals surface area contributed by atoms with Crippen LogP contribution in [0.2, 0.25) is 0 Å².